The smallest absolute Gasteiger partial charge is 0.338 e. The maximum Gasteiger partial charge on any atom is 0.338 e. The van der Waals surface area contributed by atoms with E-state index >= 15 is 0 Å². The summed E-state index contributed by atoms with van der Waals surface area (Å²) in [7, 11) is 1.61. The number of hydrogen-bond donors (Lipinski definition) is 0. The van der Waals surface area contributed by atoms with Crippen LogP contribution in [0.2, 0.25) is 5.15 Å². The third-order valence-corrected chi connectivity index (χ3v) is 3.00. The number of hydrogen-bond acceptors (Lipinski definition) is 6. The highest BCUT2D eigenvalue weighted by molar-refractivity contribution is 7.99. The van der Waals surface area contributed by atoms with Crippen LogP contribution in [0.5, 0.6) is 0 Å². The van der Waals surface area contributed by atoms with Crippen LogP contribution in [0.1, 0.15) is 6.42 Å². The zero-order valence-corrected chi connectivity index (χ0v) is 10.1. The van der Waals surface area contributed by atoms with Crippen molar-refractivity contribution in [3.8, 4) is 0 Å². The summed E-state index contributed by atoms with van der Waals surface area (Å²) in [5.74, 6) is 0.683. The van der Waals surface area contributed by atoms with Gasteiger partial charge in [0.1, 0.15) is 6.33 Å². The molecule has 6 nitrogen and oxygen atoms in total. The summed E-state index contributed by atoms with van der Waals surface area (Å²) in [6.45, 7) is 0.611. The van der Waals surface area contributed by atoms with Crippen LogP contribution >= 0.6 is 23.4 Å². The molecule has 0 unspecified atom stereocenters. The highest BCUT2D eigenvalue weighted by Crippen LogP contribution is 2.31. The number of ether oxygens (including phenoxy) is 1. The fraction of sp³-hybridized carbons (Fsp3) is 0.500. The molecule has 0 radical (unpaired) electrons. The molecular weight excluding hydrogens is 254 g/mol. The molecule has 0 aliphatic carbocycles. The maximum atomic E-state index is 10.7. The van der Waals surface area contributed by atoms with Gasteiger partial charge in [-0.3, -0.25) is 10.1 Å². The van der Waals surface area contributed by atoms with Crippen molar-refractivity contribution in [2.75, 3.05) is 19.5 Å². The van der Waals surface area contributed by atoms with Gasteiger partial charge >= 0.3 is 5.69 Å². The Balaban J connectivity index is 2.71. The Morgan fingerprint density at radius 3 is 3.00 bits per heavy atom. The maximum absolute atomic E-state index is 10.7. The van der Waals surface area contributed by atoms with E-state index in [4.69, 9.17) is 16.3 Å². The van der Waals surface area contributed by atoms with Gasteiger partial charge in [0.05, 0.1) is 4.92 Å². The summed E-state index contributed by atoms with van der Waals surface area (Å²) < 4.78 is 4.88. The quantitative estimate of drug-likeness (QED) is 0.257. The highest BCUT2D eigenvalue weighted by Gasteiger charge is 2.21. The van der Waals surface area contributed by atoms with E-state index in [1.807, 2.05) is 0 Å². The summed E-state index contributed by atoms with van der Waals surface area (Å²) in [6.07, 6.45) is 2.01. The van der Waals surface area contributed by atoms with E-state index in [0.29, 0.717) is 17.4 Å². The molecule has 1 rings (SSSR count). The lowest BCUT2D eigenvalue weighted by molar-refractivity contribution is -0.388. The van der Waals surface area contributed by atoms with Gasteiger partial charge in [0.25, 0.3) is 0 Å². The molecule has 1 aromatic heterocycles. The Hall–Kier alpha value is -0.920. The Bertz CT molecular complexity index is 378. The fourth-order valence-electron chi connectivity index (χ4n) is 0.974. The number of thioether (sulfide) groups is 1. The van der Waals surface area contributed by atoms with Crippen molar-refractivity contribution in [2.45, 2.75) is 11.4 Å². The van der Waals surface area contributed by atoms with Gasteiger partial charge in [-0.15, -0.1) is 0 Å². The summed E-state index contributed by atoms with van der Waals surface area (Å²) in [5.41, 5.74) is -0.230. The van der Waals surface area contributed by atoms with Gasteiger partial charge in [0.15, 0.2) is 5.03 Å². The number of nitrogens with zero attached hydrogens (tertiary/aromatic N) is 3. The second-order valence-electron chi connectivity index (χ2n) is 2.77. The van der Waals surface area contributed by atoms with Crippen LogP contribution in [-0.4, -0.2) is 34.4 Å². The van der Waals surface area contributed by atoms with Crippen molar-refractivity contribution in [1.29, 1.82) is 0 Å². The van der Waals surface area contributed by atoms with E-state index in [1.54, 1.807) is 7.11 Å². The second kappa shape index (κ2) is 6.62. The minimum absolute atomic E-state index is 0.130. The number of rotatable bonds is 6. The van der Waals surface area contributed by atoms with Crippen LogP contribution in [0.4, 0.5) is 5.69 Å². The van der Waals surface area contributed by atoms with Gasteiger partial charge in [0.2, 0.25) is 5.15 Å². The Morgan fingerprint density at radius 1 is 1.62 bits per heavy atom. The molecule has 1 heterocycles. The second-order valence-corrected chi connectivity index (χ2v) is 4.21. The van der Waals surface area contributed by atoms with Crippen molar-refractivity contribution in [2.24, 2.45) is 0 Å². The molecule has 0 spiro atoms. The predicted octanol–water partition coefficient (Wildman–Crippen LogP) is 2.17. The molecule has 0 aliphatic heterocycles. The van der Waals surface area contributed by atoms with E-state index in [9.17, 15) is 10.1 Å². The molecule has 0 saturated carbocycles. The molecule has 0 amide bonds. The van der Waals surface area contributed by atoms with Crippen molar-refractivity contribution >= 4 is 29.1 Å². The van der Waals surface area contributed by atoms with Crippen LogP contribution in [0.3, 0.4) is 0 Å². The first-order chi connectivity index (χ1) is 7.66. The lowest BCUT2D eigenvalue weighted by Crippen LogP contribution is -1.98. The van der Waals surface area contributed by atoms with E-state index in [-0.39, 0.29) is 10.8 Å². The molecule has 0 N–H and O–H groups in total. The van der Waals surface area contributed by atoms with Crippen molar-refractivity contribution in [3.05, 3.63) is 21.6 Å². The Morgan fingerprint density at radius 2 is 2.38 bits per heavy atom. The van der Waals surface area contributed by atoms with Gasteiger partial charge in [-0.25, -0.2) is 9.97 Å². The van der Waals surface area contributed by atoms with Crippen LogP contribution in [0.25, 0.3) is 0 Å². The minimum Gasteiger partial charge on any atom is -0.385 e. The largest absolute Gasteiger partial charge is 0.385 e. The number of aromatic nitrogens is 2. The van der Waals surface area contributed by atoms with Gasteiger partial charge in [-0.1, -0.05) is 23.4 Å². The van der Waals surface area contributed by atoms with Crippen LogP contribution < -0.4 is 0 Å². The topological polar surface area (TPSA) is 78.2 Å². The van der Waals surface area contributed by atoms with Crippen LogP contribution in [-0.2, 0) is 4.74 Å². The number of nitro groups is 1. The first-order valence-corrected chi connectivity index (χ1v) is 5.79. The molecule has 0 saturated heterocycles. The number of halogens is 1. The third-order valence-electron chi connectivity index (χ3n) is 1.66. The van der Waals surface area contributed by atoms with Gasteiger partial charge < -0.3 is 4.74 Å². The van der Waals surface area contributed by atoms with Gasteiger partial charge in [0, 0.05) is 19.5 Å². The molecule has 0 bridgehead atoms. The molecule has 0 aromatic carbocycles. The van der Waals surface area contributed by atoms with Crippen molar-refractivity contribution < 1.29 is 9.66 Å². The average molecular weight is 264 g/mol. The average Bonchev–Trinajstić information content (AvgIpc) is 2.24. The minimum atomic E-state index is -0.568. The molecule has 0 fully saturated rings. The molecule has 0 aliphatic rings. The molecule has 8 heteroatoms. The molecule has 16 heavy (non-hydrogen) atoms. The first kappa shape index (κ1) is 13.1. The summed E-state index contributed by atoms with van der Waals surface area (Å²) in [6, 6.07) is 0. The monoisotopic (exact) mass is 263 g/mol. The predicted molar refractivity (Wildman–Crippen MR) is 60.9 cm³/mol. The lowest BCUT2D eigenvalue weighted by atomic mass is 10.5. The standard InChI is InChI=1S/C8H10ClN3O3S/c1-15-3-2-4-16-8-6(12(13)14)7(9)10-5-11-8/h5H,2-4H2,1H3. The summed E-state index contributed by atoms with van der Waals surface area (Å²) in [5, 5.41) is 10.9. The molecule has 88 valence electrons. The van der Waals surface area contributed by atoms with Gasteiger partial charge in [-0.2, -0.15) is 0 Å². The van der Waals surface area contributed by atoms with E-state index < -0.39 is 4.92 Å². The number of methoxy groups -OCH3 is 1. The van der Waals surface area contributed by atoms with E-state index in [1.165, 1.54) is 18.1 Å². The van der Waals surface area contributed by atoms with Gasteiger partial charge in [-0.05, 0) is 6.42 Å². The Labute approximate surface area is 102 Å². The molecule has 1 aromatic rings. The zero-order chi connectivity index (χ0) is 12.0. The Kier molecular flexibility index (Phi) is 5.44. The molecular formula is C8H10ClN3O3S. The van der Waals surface area contributed by atoms with E-state index in [2.05, 4.69) is 9.97 Å². The lowest BCUT2D eigenvalue weighted by Gasteiger charge is -2.02. The summed E-state index contributed by atoms with van der Waals surface area (Å²) >= 11 is 6.91. The van der Waals surface area contributed by atoms with Crippen molar-refractivity contribution in [3.63, 3.8) is 0 Å². The first-order valence-electron chi connectivity index (χ1n) is 4.43. The SMILES string of the molecule is COCCCSc1ncnc(Cl)c1[N+](=O)[O-]. The molecule has 0 atom stereocenters. The third kappa shape index (κ3) is 3.58. The van der Waals surface area contributed by atoms with E-state index in [0.717, 1.165) is 6.42 Å². The van der Waals surface area contributed by atoms with Crippen molar-refractivity contribution in [1.82, 2.24) is 9.97 Å². The normalized spacial score (nSPS) is 10.4. The fourth-order valence-corrected chi connectivity index (χ4v) is 2.12. The zero-order valence-electron chi connectivity index (χ0n) is 8.55. The summed E-state index contributed by atoms with van der Waals surface area (Å²) in [4.78, 5) is 17.6. The van der Waals surface area contributed by atoms with Crippen LogP contribution in [0.15, 0.2) is 11.4 Å². The van der Waals surface area contributed by atoms with Crippen LogP contribution in [0, 0.1) is 10.1 Å². The highest BCUT2D eigenvalue weighted by atomic mass is 35.5.